The Balaban J connectivity index is 2.53. The zero-order valence-corrected chi connectivity index (χ0v) is 12.5. The minimum absolute atomic E-state index is 0.205. The Morgan fingerprint density at radius 3 is 2.21 bits per heavy atom. The third kappa shape index (κ3) is 5.42. The van der Waals surface area contributed by atoms with Gasteiger partial charge in [0.1, 0.15) is 6.04 Å². The number of rotatable bonds is 7. The van der Waals surface area contributed by atoms with Crippen LogP contribution in [-0.2, 0) is 0 Å². The molecule has 104 valence electrons. The van der Waals surface area contributed by atoms with Crippen molar-refractivity contribution in [2.24, 2.45) is 0 Å². The van der Waals surface area contributed by atoms with Gasteiger partial charge >= 0.3 is 0 Å². The molecule has 1 N–H and O–H groups in total. The van der Waals surface area contributed by atoms with Crippen molar-refractivity contribution in [3.63, 3.8) is 0 Å². The zero-order chi connectivity index (χ0) is 14.3. The van der Waals surface area contributed by atoms with Gasteiger partial charge in [0, 0.05) is 0 Å². The highest BCUT2D eigenvalue weighted by Gasteiger charge is 2.09. The third-order valence-corrected chi connectivity index (χ3v) is 3.20. The second kappa shape index (κ2) is 7.93. The first-order chi connectivity index (χ1) is 9.04. The number of nitriles is 1. The van der Waals surface area contributed by atoms with E-state index in [9.17, 15) is 5.26 Å². The molecule has 0 radical (unpaired) electrons. The molecule has 0 aliphatic heterocycles. The molecular weight excluding hydrogens is 234 g/mol. The maximum atomic E-state index is 9.24. The van der Waals surface area contributed by atoms with Gasteiger partial charge in [0.2, 0.25) is 0 Å². The number of hydrogen-bond donors (Lipinski definition) is 1. The lowest BCUT2D eigenvalue weighted by molar-refractivity contribution is 0.392. The Labute approximate surface area is 117 Å². The van der Waals surface area contributed by atoms with E-state index in [0.717, 1.165) is 25.1 Å². The molecule has 1 unspecified atom stereocenters. The summed E-state index contributed by atoms with van der Waals surface area (Å²) >= 11 is 0. The van der Waals surface area contributed by atoms with Gasteiger partial charge in [0.05, 0.1) is 6.07 Å². The van der Waals surface area contributed by atoms with Gasteiger partial charge in [-0.1, -0.05) is 38.1 Å². The molecule has 0 saturated heterocycles. The molecule has 0 bridgehead atoms. The van der Waals surface area contributed by atoms with E-state index in [1.807, 2.05) is 0 Å². The first kappa shape index (κ1) is 15.7. The Morgan fingerprint density at radius 1 is 1.16 bits per heavy atom. The van der Waals surface area contributed by atoms with Crippen molar-refractivity contribution in [3.05, 3.63) is 35.4 Å². The lowest BCUT2D eigenvalue weighted by Gasteiger charge is -2.14. The summed E-state index contributed by atoms with van der Waals surface area (Å²) in [7, 11) is 4.12. The zero-order valence-electron chi connectivity index (χ0n) is 12.5. The molecular formula is C16H25N3. The van der Waals surface area contributed by atoms with Crippen LogP contribution >= 0.6 is 0 Å². The average molecular weight is 259 g/mol. The van der Waals surface area contributed by atoms with Crippen molar-refractivity contribution in [2.45, 2.75) is 32.2 Å². The standard InChI is InChI=1S/C16H25N3/c1-13(2)14-6-8-15(9-7-14)16(12-17)18-10-5-11-19(3)4/h6-9,13,16,18H,5,10-11H2,1-4H3. The Morgan fingerprint density at radius 2 is 1.74 bits per heavy atom. The van der Waals surface area contributed by atoms with Gasteiger partial charge < -0.3 is 4.90 Å². The summed E-state index contributed by atoms with van der Waals surface area (Å²) in [6.07, 6.45) is 1.05. The summed E-state index contributed by atoms with van der Waals surface area (Å²) in [6, 6.07) is 10.5. The molecule has 0 spiro atoms. The van der Waals surface area contributed by atoms with Gasteiger partial charge in [0.15, 0.2) is 0 Å². The highest BCUT2D eigenvalue weighted by atomic mass is 15.1. The molecule has 3 heteroatoms. The predicted octanol–water partition coefficient (Wildman–Crippen LogP) is 2.92. The minimum atomic E-state index is -0.205. The van der Waals surface area contributed by atoms with E-state index in [4.69, 9.17) is 0 Å². The van der Waals surface area contributed by atoms with Gasteiger partial charge in [-0.15, -0.1) is 0 Å². The molecule has 0 amide bonds. The van der Waals surface area contributed by atoms with E-state index in [-0.39, 0.29) is 6.04 Å². The molecule has 0 saturated carbocycles. The van der Waals surface area contributed by atoms with E-state index in [0.29, 0.717) is 5.92 Å². The molecule has 1 aromatic rings. The molecule has 0 fully saturated rings. The summed E-state index contributed by atoms with van der Waals surface area (Å²) < 4.78 is 0. The monoisotopic (exact) mass is 259 g/mol. The normalized spacial score (nSPS) is 12.7. The van der Waals surface area contributed by atoms with Crippen molar-refractivity contribution < 1.29 is 0 Å². The summed E-state index contributed by atoms with van der Waals surface area (Å²) in [5.74, 6) is 0.530. The number of nitrogens with one attached hydrogen (secondary N) is 1. The topological polar surface area (TPSA) is 39.1 Å². The molecule has 0 aliphatic rings. The van der Waals surface area contributed by atoms with Gasteiger partial charge in [-0.3, -0.25) is 5.32 Å². The number of benzene rings is 1. The van der Waals surface area contributed by atoms with E-state index < -0.39 is 0 Å². The molecule has 0 aliphatic carbocycles. The lowest BCUT2D eigenvalue weighted by Crippen LogP contribution is -2.24. The van der Waals surface area contributed by atoms with Crippen molar-refractivity contribution in [2.75, 3.05) is 27.2 Å². The first-order valence-corrected chi connectivity index (χ1v) is 6.92. The van der Waals surface area contributed by atoms with E-state index >= 15 is 0 Å². The van der Waals surface area contributed by atoms with Crippen LogP contribution in [0, 0.1) is 11.3 Å². The maximum Gasteiger partial charge on any atom is 0.121 e. The SMILES string of the molecule is CC(C)c1ccc(C(C#N)NCCCN(C)C)cc1. The molecule has 0 aromatic heterocycles. The van der Waals surface area contributed by atoms with Gasteiger partial charge in [0.25, 0.3) is 0 Å². The minimum Gasteiger partial charge on any atom is -0.309 e. The Bertz CT molecular complexity index is 401. The second-order valence-electron chi connectivity index (χ2n) is 5.49. The smallest absolute Gasteiger partial charge is 0.121 e. The quantitative estimate of drug-likeness (QED) is 0.765. The predicted molar refractivity (Wildman–Crippen MR) is 80.1 cm³/mol. The second-order valence-corrected chi connectivity index (χ2v) is 5.49. The Kier molecular flexibility index (Phi) is 6.55. The molecule has 0 heterocycles. The molecule has 1 atom stereocenters. The van der Waals surface area contributed by atoms with Crippen molar-refractivity contribution in [1.82, 2.24) is 10.2 Å². The van der Waals surface area contributed by atoms with Gasteiger partial charge in [-0.25, -0.2) is 0 Å². The number of nitrogens with zero attached hydrogens (tertiary/aromatic N) is 2. The van der Waals surface area contributed by atoms with Crippen LogP contribution in [-0.4, -0.2) is 32.1 Å². The van der Waals surface area contributed by atoms with Crippen LogP contribution in [0.2, 0.25) is 0 Å². The molecule has 1 rings (SSSR count). The van der Waals surface area contributed by atoms with Gasteiger partial charge in [-0.05, 0) is 50.7 Å². The van der Waals surface area contributed by atoms with E-state index in [2.05, 4.69) is 68.5 Å². The van der Waals surface area contributed by atoms with Crippen LogP contribution in [0.4, 0.5) is 0 Å². The number of hydrogen-bond acceptors (Lipinski definition) is 3. The first-order valence-electron chi connectivity index (χ1n) is 6.92. The summed E-state index contributed by atoms with van der Waals surface area (Å²) in [5.41, 5.74) is 2.37. The van der Waals surface area contributed by atoms with Crippen LogP contribution in [0.15, 0.2) is 24.3 Å². The molecule has 1 aromatic carbocycles. The van der Waals surface area contributed by atoms with Crippen molar-refractivity contribution >= 4 is 0 Å². The summed E-state index contributed by atoms with van der Waals surface area (Å²) in [6.45, 7) is 6.26. The maximum absolute atomic E-state index is 9.24. The highest BCUT2D eigenvalue weighted by Crippen LogP contribution is 2.18. The average Bonchev–Trinajstić information content (AvgIpc) is 2.39. The molecule has 19 heavy (non-hydrogen) atoms. The highest BCUT2D eigenvalue weighted by molar-refractivity contribution is 5.29. The van der Waals surface area contributed by atoms with Crippen LogP contribution in [0.3, 0.4) is 0 Å². The van der Waals surface area contributed by atoms with E-state index in [1.54, 1.807) is 0 Å². The van der Waals surface area contributed by atoms with Crippen LogP contribution in [0.1, 0.15) is 43.4 Å². The Hall–Kier alpha value is -1.37. The van der Waals surface area contributed by atoms with Crippen molar-refractivity contribution in [1.29, 1.82) is 5.26 Å². The third-order valence-electron chi connectivity index (χ3n) is 3.20. The van der Waals surface area contributed by atoms with Crippen LogP contribution in [0.5, 0.6) is 0 Å². The lowest BCUT2D eigenvalue weighted by atomic mass is 9.99. The summed E-state index contributed by atoms with van der Waals surface area (Å²) in [4.78, 5) is 2.15. The largest absolute Gasteiger partial charge is 0.309 e. The fraction of sp³-hybridized carbons (Fsp3) is 0.562. The van der Waals surface area contributed by atoms with E-state index in [1.165, 1.54) is 5.56 Å². The fourth-order valence-electron chi connectivity index (χ4n) is 1.95. The van der Waals surface area contributed by atoms with Crippen LogP contribution < -0.4 is 5.32 Å². The van der Waals surface area contributed by atoms with Crippen LogP contribution in [0.25, 0.3) is 0 Å². The summed E-state index contributed by atoms with van der Waals surface area (Å²) in [5, 5.41) is 12.5. The van der Waals surface area contributed by atoms with Crippen molar-refractivity contribution in [3.8, 4) is 6.07 Å². The molecule has 3 nitrogen and oxygen atoms in total. The fourth-order valence-corrected chi connectivity index (χ4v) is 1.95. The van der Waals surface area contributed by atoms with Gasteiger partial charge in [-0.2, -0.15) is 5.26 Å².